The van der Waals surface area contributed by atoms with Crippen molar-refractivity contribution in [3.63, 3.8) is 0 Å². The molecule has 1 unspecified atom stereocenters. The summed E-state index contributed by atoms with van der Waals surface area (Å²) in [4.78, 5) is 32.9. The first-order valence-electron chi connectivity index (χ1n) is 5.19. The van der Waals surface area contributed by atoms with Gasteiger partial charge < -0.3 is 4.90 Å². The number of hydrogen-bond donors (Lipinski definition) is 1. The van der Waals surface area contributed by atoms with Crippen molar-refractivity contribution in [3.8, 4) is 0 Å². The minimum Gasteiger partial charge on any atom is -0.334 e. The fraction of sp³-hybridized carbons (Fsp3) is 0.400. The number of carbonyl (C=O) groups is 2. The maximum Gasteiger partial charge on any atom is 0.249 e. The first kappa shape index (κ1) is 12.2. The Balaban J connectivity index is 2.38. The first-order valence-corrected chi connectivity index (χ1v) is 6.27. The molecular weight excluding hydrogens is 335 g/mol. The smallest absolute Gasteiger partial charge is 0.249 e. The Morgan fingerprint density at radius 1 is 1.59 bits per heavy atom. The van der Waals surface area contributed by atoms with Gasteiger partial charge in [-0.15, -0.1) is 0 Å². The second kappa shape index (κ2) is 4.94. The number of imide groups is 1. The third-order valence-corrected chi connectivity index (χ3v) is 3.32. The lowest BCUT2D eigenvalue weighted by Crippen LogP contribution is -2.58. The highest BCUT2D eigenvalue weighted by Gasteiger charge is 2.34. The standard InChI is InChI=1S/C10H11IN4O2/c1-2-7-10(17)14-8(16)4-15(7)9-6(11)3-12-5-13-9/h3,5,7H,2,4H2,1H3,(H,14,16,17). The topological polar surface area (TPSA) is 75.2 Å². The predicted molar refractivity (Wildman–Crippen MR) is 69.3 cm³/mol. The van der Waals surface area contributed by atoms with Gasteiger partial charge in [-0.2, -0.15) is 0 Å². The van der Waals surface area contributed by atoms with Crippen LogP contribution in [-0.2, 0) is 9.59 Å². The maximum atomic E-state index is 11.7. The third kappa shape index (κ3) is 2.38. The zero-order chi connectivity index (χ0) is 12.4. The van der Waals surface area contributed by atoms with Crippen LogP contribution in [0.3, 0.4) is 0 Å². The second-order valence-electron chi connectivity index (χ2n) is 3.66. The monoisotopic (exact) mass is 346 g/mol. The molecule has 1 atom stereocenters. The Hall–Kier alpha value is -1.25. The lowest BCUT2D eigenvalue weighted by Gasteiger charge is -2.34. The quantitative estimate of drug-likeness (QED) is 0.617. The van der Waals surface area contributed by atoms with Crippen LogP contribution in [0.1, 0.15) is 13.3 Å². The van der Waals surface area contributed by atoms with E-state index < -0.39 is 0 Å². The molecule has 1 aliphatic rings. The van der Waals surface area contributed by atoms with Crippen molar-refractivity contribution in [3.05, 3.63) is 16.1 Å². The molecule has 1 aliphatic heterocycles. The second-order valence-corrected chi connectivity index (χ2v) is 4.82. The molecule has 1 saturated heterocycles. The van der Waals surface area contributed by atoms with Gasteiger partial charge >= 0.3 is 0 Å². The van der Waals surface area contributed by atoms with E-state index >= 15 is 0 Å². The highest BCUT2D eigenvalue weighted by Crippen LogP contribution is 2.23. The van der Waals surface area contributed by atoms with Gasteiger partial charge in [0.25, 0.3) is 0 Å². The molecule has 0 saturated carbocycles. The summed E-state index contributed by atoms with van der Waals surface area (Å²) in [7, 11) is 0. The van der Waals surface area contributed by atoms with Crippen molar-refractivity contribution in [2.45, 2.75) is 19.4 Å². The van der Waals surface area contributed by atoms with Gasteiger partial charge in [0.1, 0.15) is 18.2 Å². The molecule has 6 nitrogen and oxygen atoms in total. The van der Waals surface area contributed by atoms with E-state index in [-0.39, 0.29) is 24.4 Å². The molecular formula is C10H11IN4O2. The zero-order valence-electron chi connectivity index (χ0n) is 9.18. The molecule has 1 aromatic heterocycles. The normalized spacial score (nSPS) is 20.4. The number of hydrogen-bond acceptors (Lipinski definition) is 5. The number of aromatic nitrogens is 2. The van der Waals surface area contributed by atoms with Crippen LogP contribution in [0.4, 0.5) is 5.82 Å². The SMILES string of the molecule is CCC1C(=O)NC(=O)CN1c1ncncc1I. The maximum absolute atomic E-state index is 11.7. The summed E-state index contributed by atoms with van der Waals surface area (Å²) in [6.45, 7) is 2.05. The van der Waals surface area contributed by atoms with E-state index in [0.717, 1.165) is 3.57 Å². The lowest BCUT2D eigenvalue weighted by atomic mass is 10.1. The number of halogens is 1. The Labute approximate surface area is 112 Å². The number of rotatable bonds is 2. The van der Waals surface area contributed by atoms with Crippen molar-refractivity contribution < 1.29 is 9.59 Å². The lowest BCUT2D eigenvalue weighted by molar-refractivity contribution is -0.132. The largest absolute Gasteiger partial charge is 0.334 e. The van der Waals surface area contributed by atoms with Gasteiger partial charge in [-0.25, -0.2) is 9.97 Å². The predicted octanol–water partition coefficient (Wildman–Crippen LogP) is 0.323. The van der Waals surface area contributed by atoms with E-state index in [1.807, 2.05) is 6.92 Å². The van der Waals surface area contributed by atoms with Crippen molar-refractivity contribution in [1.82, 2.24) is 15.3 Å². The van der Waals surface area contributed by atoms with E-state index in [1.165, 1.54) is 6.33 Å². The fourth-order valence-corrected chi connectivity index (χ4v) is 2.42. The molecule has 0 aromatic carbocycles. The van der Waals surface area contributed by atoms with Crippen LogP contribution >= 0.6 is 22.6 Å². The van der Waals surface area contributed by atoms with E-state index in [9.17, 15) is 9.59 Å². The number of nitrogens with one attached hydrogen (secondary N) is 1. The molecule has 2 rings (SSSR count). The van der Waals surface area contributed by atoms with Crippen molar-refractivity contribution in [1.29, 1.82) is 0 Å². The van der Waals surface area contributed by atoms with Crippen molar-refractivity contribution in [2.24, 2.45) is 0 Å². The van der Waals surface area contributed by atoms with Crippen LogP contribution in [0.5, 0.6) is 0 Å². The van der Waals surface area contributed by atoms with E-state index in [0.29, 0.717) is 12.2 Å². The van der Waals surface area contributed by atoms with Gasteiger partial charge in [0.05, 0.1) is 10.1 Å². The highest BCUT2D eigenvalue weighted by molar-refractivity contribution is 14.1. The Kier molecular flexibility index (Phi) is 3.55. The summed E-state index contributed by atoms with van der Waals surface area (Å²) >= 11 is 2.09. The minimum atomic E-state index is -0.351. The zero-order valence-corrected chi connectivity index (χ0v) is 11.3. The van der Waals surface area contributed by atoms with E-state index in [2.05, 4.69) is 37.9 Å². The third-order valence-electron chi connectivity index (χ3n) is 2.56. The molecule has 2 amide bonds. The molecule has 0 spiro atoms. The minimum absolute atomic E-state index is 0.150. The number of carbonyl (C=O) groups excluding carboxylic acids is 2. The van der Waals surface area contributed by atoms with Crippen LogP contribution < -0.4 is 10.2 Å². The number of piperazine rings is 1. The average molecular weight is 346 g/mol. The molecule has 0 aliphatic carbocycles. The summed E-state index contributed by atoms with van der Waals surface area (Å²) in [5.41, 5.74) is 0. The molecule has 90 valence electrons. The van der Waals surface area contributed by atoms with Gasteiger partial charge in [0, 0.05) is 6.20 Å². The number of amides is 2. The summed E-state index contributed by atoms with van der Waals surface area (Å²) in [6, 6.07) is -0.351. The molecule has 0 radical (unpaired) electrons. The molecule has 1 N–H and O–H groups in total. The van der Waals surface area contributed by atoms with Crippen molar-refractivity contribution in [2.75, 3.05) is 11.4 Å². The van der Waals surface area contributed by atoms with Crippen LogP contribution in [0.15, 0.2) is 12.5 Å². The van der Waals surface area contributed by atoms with Crippen LogP contribution in [0.2, 0.25) is 0 Å². The van der Waals surface area contributed by atoms with Gasteiger partial charge in [0.2, 0.25) is 11.8 Å². The fourth-order valence-electron chi connectivity index (χ4n) is 1.81. The first-order chi connectivity index (χ1) is 8.13. The molecule has 1 fully saturated rings. The Morgan fingerprint density at radius 2 is 2.35 bits per heavy atom. The Morgan fingerprint density at radius 3 is 3.00 bits per heavy atom. The summed E-state index contributed by atoms with van der Waals surface area (Å²) < 4.78 is 0.825. The van der Waals surface area contributed by atoms with Crippen LogP contribution in [-0.4, -0.2) is 34.4 Å². The molecule has 7 heteroatoms. The molecule has 1 aromatic rings. The van der Waals surface area contributed by atoms with E-state index in [1.54, 1.807) is 11.1 Å². The van der Waals surface area contributed by atoms with Gasteiger partial charge in [-0.3, -0.25) is 14.9 Å². The van der Waals surface area contributed by atoms with Crippen LogP contribution in [0.25, 0.3) is 0 Å². The van der Waals surface area contributed by atoms with Crippen LogP contribution in [0, 0.1) is 3.57 Å². The van der Waals surface area contributed by atoms with E-state index in [4.69, 9.17) is 0 Å². The molecule has 0 bridgehead atoms. The van der Waals surface area contributed by atoms with Gasteiger partial charge in [0.15, 0.2) is 0 Å². The molecule has 17 heavy (non-hydrogen) atoms. The average Bonchev–Trinajstić information content (AvgIpc) is 2.28. The van der Waals surface area contributed by atoms with Crippen molar-refractivity contribution >= 4 is 40.2 Å². The number of nitrogens with zero attached hydrogens (tertiary/aromatic N) is 3. The highest BCUT2D eigenvalue weighted by atomic mass is 127. The summed E-state index contributed by atoms with van der Waals surface area (Å²) in [6.07, 6.45) is 3.70. The van der Waals surface area contributed by atoms with Gasteiger partial charge in [-0.05, 0) is 29.0 Å². The molecule has 2 heterocycles. The van der Waals surface area contributed by atoms with Gasteiger partial charge in [-0.1, -0.05) is 6.92 Å². The summed E-state index contributed by atoms with van der Waals surface area (Å²) in [5, 5.41) is 2.33. The summed E-state index contributed by atoms with van der Waals surface area (Å²) in [5.74, 6) is 0.0722. The Bertz CT molecular complexity index is 465. The number of anilines is 1.